The lowest BCUT2D eigenvalue weighted by molar-refractivity contribution is 0.795. The normalized spacial score (nSPS) is 10.3. The van der Waals surface area contributed by atoms with Crippen LogP contribution in [-0.2, 0) is 6.42 Å². The summed E-state index contributed by atoms with van der Waals surface area (Å²) in [5, 5.41) is 0. The first-order chi connectivity index (χ1) is 7.90. The molecule has 0 bridgehead atoms. The lowest BCUT2D eigenvalue weighted by Gasteiger charge is -2.02. The van der Waals surface area contributed by atoms with E-state index < -0.39 is 0 Å². The quantitative estimate of drug-likeness (QED) is 0.775. The van der Waals surface area contributed by atoms with E-state index in [1.54, 1.807) is 12.4 Å². The molecule has 0 aliphatic heterocycles. The van der Waals surface area contributed by atoms with Crippen molar-refractivity contribution >= 4 is 0 Å². The second-order valence-corrected chi connectivity index (χ2v) is 3.87. The molecule has 0 spiro atoms. The summed E-state index contributed by atoms with van der Waals surface area (Å²) in [6.45, 7) is 2.21. The first kappa shape index (κ1) is 10.8. The topological polar surface area (TPSA) is 25.8 Å². The molecule has 0 fully saturated rings. The molecular formula is C14H16N2. The van der Waals surface area contributed by atoms with E-state index in [2.05, 4.69) is 41.2 Å². The fourth-order valence-electron chi connectivity index (χ4n) is 1.65. The summed E-state index contributed by atoms with van der Waals surface area (Å²) in [6, 6.07) is 10.4. The second kappa shape index (κ2) is 5.40. The Kier molecular flexibility index (Phi) is 3.65. The summed E-state index contributed by atoms with van der Waals surface area (Å²) in [6.07, 6.45) is 7.19. The van der Waals surface area contributed by atoms with Crippen LogP contribution in [0.25, 0.3) is 11.4 Å². The standard InChI is InChI=1S/C14H16N2/c1-2-3-5-12-6-8-13(9-7-12)14-15-10-4-11-16-14/h4,6-11H,2-3,5H2,1H3. The zero-order chi connectivity index (χ0) is 11.2. The first-order valence-corrected chi connectivity index (χ1v) is 5.76. The van der Waals surface area contributed by atoms with Gasteiger partial charge in [0.1, 0.15) is 0 Å². The number of benzene rings is 1. The summed E-state index contributed by atoms with van der Waals surface area (Å²) < 4.78 is 0. The van der Waals surface area contributed by atoms with Crippen LogP contribution in [0.5, 0.6) is 0 Å². The van der Waals surface area contributed by atoms with E-state index in [0.29, 0.717) is 0 Å². The van der Waals surface area contributed by atoms with Crippen molar-refractivity contribution in [2.75, 3.05) is 0 Å². The minimum Gasteiger partial charge on any atom is -0.237 e. The maximum Gasteiger partial charge on any atom is 0.159 e. The number of aromatic nitrogens is 2. The van der Waals surface area contributed by atoms with Gasteiger partial charge in [0.15, 0.2) is 5.82 Å². The van der Waals surface area contributed by atoms with Crippen LogP contribution in [0.2, 0.25) is 0 Å². The van der Waals surface area contributed by atoms with Crippen LogP contribution in [0.15, 0.2) is 42.7 Å². The molecule has 0 N–H and O–H groups in total. The Bertz CT molecular complexity index is 420. The predicted molar refractivity (Wildman–Crippen MR) is 66.1 cm³/mol. The number of hydrogen-bond donors (Lipinski definition) is 0. The highest BCUT2D eigenvalue weighted by atomic mass is 14.8. The monoisotopic (exact) mass is 212 g/mol. The van der Waals surface area contributed by atoms with E-state index in [9.17, 15) is 0 Å². The second-order valence-electron chi connectivity index (χ2n) is 3.87. The molecule has 1 aromatic carbocycles. The van der Waals surface area contributed by atoms with Gasteiger partial charge in [0.05, 0.1) is 0 Å². The molecule has 2 nitrogen and oxygen atoms in total. The van der Waals surface area contributed by atoms with Crippen molar-refractivity contribution in [3.05, 3.63) is 48.3 Å². The van der Waals surface area contributed by atoms with Gasteiger partial charge in [-0.2, -0.15) is 0 Å². The van der Waals surface area contributed by atoms with E-state index >= 15 is 0 Å². The van der Waals surface area contributed by atoms with Crippen LogP contribution < -0.4 is 0 Å². The zero-order valence-electron chi connectivity index (χ0n) is 9.56. The van der Waals surface area contributed by atoms with Gasteiger partial charge in [-0.1, -0.05) is 37.6 Å². The molecule has 0 amide bonds. The van der Waals surface area contributed by atoms with Crippen molar-refractivity contribution in [2.45, 2.75) is 26.2 Å². The van der Waals surface area contributed by atoms with E-state index in [4.69, 9.17) is 0 Å². The van der Waals surface area contributed by atoms with Gasteiger partial charge in [0, 0.05) is 18.0 Å². The Labute approximate surface area is 96.4 Å². The summed E-state index contributed by atoms with van der Waals surface area (Å²) in [5.74, 6) is 0.796. The van der Waals surface area contributed by atoms with E-state index in [1.807, 2.05) is 6.07 Å². The molecule has 0 unspecified atom stereocenters. The third-order valence-corrected chi connectivity index (χ3v) is 2.60. The van der Waals surface area contributed by atoms with Crippen molar-refractivity contribution in [3.8, 4) is 11.4 Å². The molecule has 1 aromatic heterocycles. The summed E-state index contributed by atoms with van der Waals surface area (Å²) >= 11 is 0. The first-order valence-electron chi connectivity index (χ1n) is 5.76. The van der Waals surface area contributed by atoms with Gasteiger partial charge in [-0.15, -0.1) is 0 Å². The average Bonchev–Trinajstić information content (AvgIpc) is 2.38. The molecule has 0 saturated heterocycles. The van der Waals surface area contributed by atoms with E-state index in [1.165, 1.54) is 18.4 Å². The summed E-state index contributed by atoms with van der Waals surface area (Å²) in [4.78, 5) is 8.46. The van der Waals surface area contributed by atoms with Crippen LogP contribution in [0.3, 0.4) is 0 Å². The number of hydrogen-bond acceptors (Lipinski definition) is 2. The van der Waals surface area contributed by atoms with E-state index in [-0.39, 0.29) is 0 Å². The summed E-state index contributed by atoms with van der Waals surface area (Å²) in [5.41, 5.74) is 2.47. The predicted octanol–water partition coefficient (Wildman–Crippen LogP) is 3.49. The Hall–Kier alpha value is -1.70. The average molecular weight is 212 g/mol. The molecule has 2 heteroatoms. The van der Waals surface area contributed by atoms with Crippen molar-refractivity contribution < 1.29 is 0 Å². The molecule has 0 aliphatic rings. The SMILES string of the molecule is CCCCc1ccc(-c2ncccn2)cc1. The van der Waals surface area contributed by atoms with Crippen molar-refractivity contribution in [1.29, 1.82) is 0 Å². The third-order valence-electron chi connectivity index (χ3n) is 2.60. The molecular weight excluding hydrogens is 196 g/mol. The van der Waals surface area contributed by atoms with Crippen LogP contribution >= 0.6 is 0 Å². The molecule has 0 radical (unpaired) electrons. The molecule has 82 valence electrons. The van der Waals surface area contributed by atoms with Crippen molar-refractivity contribution in [1.82, 2.24) is 9.97 Å². The van der Waals surface area contributed by atoms with Crippen molar-refractivity contribution in [3.63, 3.8) is 0 Å². The summed E-state index contributed by atoms with van der Waals surface area (Å²) in [7, 11) is 0. The highest BCUT2D eigenvalue weighted by molar-refractivity contribution is 5.54. The molecule has 0 aliphatic carbocycles. The fourth-order valence-corrected chi connectivity index (χ4v) is 1.65. The fraction of sp³-hybridized carbons (Fsp3) is 0.286. The van der Waals surface area contributed by atoms with Gasteiger partial charge in [0.2, 0.25) is 0 Å². The highest BCUT2D eigenvalue weighted by Crippen LogP contribution is 2.15. The van der Waals surface area contributed by atoms with Gasteiger partial charge in [-0.25, -0.2) is 9.97 Å². The maximum atomic E-state index is 4.23. The number of unbranched alkanes of at least 4 members (excludes halogenated alkanes) is 1. The number of nitrogens with zero attached hydrogens (tertiary/aromatic N) is 2. The molecule has 2 rings (SSSR count). The molecule has 0 saturated carbocycles. The number of aryl methyl sites for hydroxylation is 1. The Morgan fingerprint density at radius 2 is 1.69 bits per heavy atom. The lowest BCUT2D eigenvalue weighted by atomic mass is 10.1. The van der Waals surface area contributed by atoms with Gasteiger partial charge in [-0.3, -0.25) is 0 Å². The highest BCUT2D eigenvalue weighted by Gasteiger charge is 1.99. The van der Waals surface area contributed by atoms with Crippen LogP contribution in [0.4, 0.5) is 0 Å². The van der Waals surface area contributed by atoms with Crippen molar-refractivity contribution in [2.24, 2.45) is 0 Å². The number of rotatable bonds is 4. The minimum atomic E-state index is 0.796. The third kappa shape index (κ3) is 2.66. The minimum absolute atomic E-state index is 0.796. The van der Waals surface area contributed by atoms with Gasteiger partial charge in [-0.05, 0) is 24.5 Å². The lowest BCUT2D eigenvalue weighted by Crippen LogP contribution is -1.88. The maximum absolute atomic E-state index is 4.23. The molecule has 2 aromatic rings. The van der Waals surface area contributed by atoms with Gasteiger partial charge in [0.25, 0.3) is 0 Å². The Balaban J connectivity index is 2.13. The smallest absolute Gasteiger partial charge is 0.159 e. The molecule has 16 heavy (non-hydrogen) atoms. The molecule has 0 atom stereocenters. The van der Waals surface area contributed by atoms with Gasteiger partial charge < -0.3 is 0 Å². The zero-order valence-corrected chi connectivity index (χ0v) is 9.56. The Morgan fingerprint density at radius 1 is 1.00 bits per heavy atom. The van der Waals surface area contributed by atoms with E-state index in [0.717, 1.165) is 17.8 Å². The van der Waals surface area contributed by atoms with Crippen LogP contribution in [-0.4, -0.2) is 9.97 Å². The largest absolute Gasteiger partial charge is 0.237 e. The Morgan fingerprint density at radius 3 is 2.31 bits per heavy atom. The van der Waals surface area contributed by atoms with Gasteiger partial charge >= 0.3 is 0 Å². The van der Waals surface area contributed by atoms with Crippen LogP contribution in [0, 0.1) is 0 Å². The van der Waals surface area contributed by atoms with Crippen LogP contribution in [0.1, 0.15) is 25.3 Å². The molecule has 1 heterocycles.